The van der Waals surface area contributed by atoms with Crippen LogP contribution >= 0.6 is 27.3 Å². The molecular weight excluding hydrogens is 360 g/mol. The van der Waals surface area contributed by atoms with Gasteiger partial charge in [-0.3, -0.25) is 0 Å². The number of nitrogens with zero attached hydrogens (tertiary/aromatic N) is 1. The van der Waals surface area contributed by atoms with E-state index in [9.17, 15) is 8.42 Å². The van der Waals surface area contributed by atoms with Crippen LogP contribution in [0.1, 0.15) is 10.4 Å². The van der Waals surface area contributed by atoms with Crippen molar-refractivity contribution in [1.82, 2.24) is 4.31 Å². The Morgan fingerprint density at radius 3 is 2.65 bits per heavy atom. The van der Waals surface area contributed by atoms with Crippen LogP contribution in [0.25, 0.3) is 0 Å². The van der Waals surface area contributed by atoms with Crippen molar-refractivity contribution in [3.05, 3.63) is 44.6 Å². The number of nitrogens with two attached hydrogens (primary N) is 1. The summed E-state index contributed by atoms with van der Waals surface area (Å²) in [7, 11) is -2.04. The van der Waals surface area contributed by atoms with Crippen LogP contribution in [0.4, 0.5) is 5.69 Å². The molecular formula is C13H15BrN2O2S2. The monoisotopic (exact) mass is 374 g/mol. The quantitative estimate of drug-likeness (QED) is 0.835. The molecule has 1 aromatic heterocycles. The van der Waals surface area contributed by atoms with E-state index in [2.05, 4.69) is 15.9 Å². The average Bonchev–Trinajstić information content (AvgIpc) is 2.78. The Bertz CT molecular complexity index is 726. The number of sulfonamides is 1. The zero-order valence-electron chi connectivity index (χ0n) is 11.1. The van der Waals surface area contributed by atoms with E-state index in [1.54, 1.807) is 30.5 Å². The first-order chi connectivity index (χ1) is 9.32. The number of rotatable bonds is 4. The second kappa shape index (κ2) is 5.85. The molecule has 0 radical (unpaired) electrons. The third kappa shape index (κ3) is 3.06. The SMILES string of the molecule is Cc1ccsc1CN(C)S(=O)(=O)c1cc(Br)ccc1N. The van der Waals surface area contributed by atoms with Crippen molar-refractivity contribution in [3.63, 3.8) is 0 Å². The first kappa shape index (κ1) is 15.5. The van der Waals surface area contributed by atoms with Gasteiger partial charge in [0, 0.05) is 22.9 Å². The van der Waals surface area contributed by atoms with Gasteiger partial charge in [-0.1, -0.05) is 15.9 Å². The van der Waals surface area contributed by atoms with Gasteiger partial charge in [0.2, 0.25) is 10.0 Å². The number of thiophene rings is 1. The van der Waals surface area contributed by atoms with Gasteiger partial charge in [0.1, 0.15) is 4.90 Å². The van der Waals surface area contributed by atoms with Gasteiger partial charge in [-0.05, 0) is 42.1 Å². The largest absolute Gasteiger partial charge is 0.398 e. The molecule has 2 rings (SSSR count). The van der Waals surface area contributed by atoms with E-state index in [4.69, 9.17) is 5.73 Å². The second-order valence-electron chi connectivity index (χ2n) is 4.47. The molecule has 108 valence electrons. The molecule has 0 bridgehead atoms. The van der Waals surface area contributed by atoms with Gasteiger partial charge in [-0.15, -0.1) is 11.3 Å². The summed E-state index contributed by atoms with van der Waals surface area (Å²) < 4.78 is 27.2. The fourth-order valence-corrected chi connectivity index (χ4v) is 4.58. The zero-order chi connectivity index (χ0) is 14.9. The highest BCUT2D eigenvalue weighted by molar-refractivity contribution is 9.10. The lowest BCUT2D eigenvalue weighted by Crippen LogP contribution is -2.27. The molecule has 4 nitrogen and oxygen atoms in total. The van der Waals surface area contributed by atoms with Crippen LogP contribution in [-0.4, -0.2) is 19.8 Å². The molecule has 0 saturated heterocycles. The van der Waals surface area contributed by atoms with Crippen molar-refractivity contribution >= 4 is 43.0 Å². The molecule has 20 heavy (non-hydrogen) atoms. The number of benzene rings is 1. The van der Waals surface area contributed by atoms with Crippen LogP contribution in [0.5, 0.6) is 0 Å². The third-order valence-corrected chi connectivity index (χ3v) is 6.36. The van der Waals surface area contributed by atoms with Gasteiger partial charge >= 0.3 is 0 Å². The molecule has 0 amide bonds. The summed E-state index contributed by atoms with van der Waals surface area (Å²) >= 11 is 4.82. The molecule has 0 spiro atoms. The van der Waals surface area contributed by atoms with Gasteiger partial charge in [-0.2, -0.15) is 4.31 Å². The van der Waals surface area contributed by atoms with Crippen LogP contribution in [0.15, 0.2) is 39.0 Å². The molecule has 0 aliphatic heterocycles. The molecule has 0 unspecified atom stereocenters. The normalized spacial score (nSPS) is 12.0. The maximum atomic E-state index is 12.6. The fraction of sp³-hybridized carbons (Fsp3) is 0.231. The minimum atomic E-state index is -3.60. The predicted molar refractivity (Wildman–Crippen MR) is 86.3 cm³/mol. The minimum Gasteiger partial charge on any atom is -0.398 e. The maximum absolute atomic E-state index is 12.6. The van der Waals surface area contributed by atoms with Gasteiger partial charge in [0.15, 0.2) is 0 Å². The number of halogens is 1. The maximum Gasteiger partial charge on any atom is 0.245 e. The van der Waals surface area contributed by atoms with Crippen molar-refractivity contribution in [2.45, 2.75) is 18.4 Å². The Morgan fingerprint density at radius 2 is 2.05 bits per heavy atom. The summed E-state index contributed by atoms with van der Waals surface area (Å²) in [5.41, 5.74) is 7.14. The zero-order valence-corrected chi connectivity index (χ0v) is 14.3. The van der Waals surface area contributed by atoms with Crippen LogP contribution < -0.4 is 5.73 Å². The molecule has 7 heteroatoms. The van der Waals surface area contributed by atoms with E-state index in [1.165, 1.54) is 10.4 Å². The standard InChI is InChI=1S/C13H15BrN2O2S2/c1-9-5-6-19-12(9)8-16(2)20(17,18)13-7-10(14)3-4-11(13)15/h3-7H,8,15H2,1-2H3. The number of nitrogen functional groups attached to an aromatic ring is 1. The topological polar surface area (TPSA) is 63.4 Å². The smallest absolute Gasteiger partial charge is 0.245 e. The highest BCUT2D eigenvalue weighted by Crippen LogP contribution is 2.27. The Labute approximate surface area is 131 Å². The molecule has 0 fully saturated rings. The van der Waals surface area contributed by atoms with Crippen molar-refractivity contribution in [2.24, 2.45) is 0 Å². The highest BCUT2D eigenvalue weighted by atomic mass is 79.9. The van der Waals surface area contributed by atoms with Crippen molar-refractivity contribution in [3.8, 4) is 0 Å². The van der Waals surface area contributed by atoms with Crippen LogP contribution in [-0.2, 0) is 16.6 Å². The van der Waals surface area contributed by atoms with Crippen molar-refractivity contribution in [1.29, 1.82) is 0 Å². The number of hydrogen-bond acceptors (Lipinski definition) is 4. The lowest BCUT2D eigenvalue weighted by atomic mass is 10.3. The van der Waals surface area contributed by atoms with Crippen molar-refractivity contribution < 1.29 is 8.42 Å². The molecule has 1 heterocycles. The van der Waals surface area contributed by atoms with E-state index in [1.807, 2.05) is 18.4 Å². The Kier molecular flexibility index (Phi) is 4.53. The summed E-state index contributed by atoms with van der Waals surface area (Å²) in [6, 6.07) is 6.81. The summed E-state index contributed by atoms with van der Waals surface area (Å²) in [5.74, 6) is 0. The molecule has 2 aromatic rings. The summed E-state index contributed by atoms with van der Waals surface area (Å²) in [4.78, 5) is 1.16. The van der Waals surface area contributed by atoms with E-state index in [0.29, 0.717) is 11.0 Å². The molecule has 1 aromatic carbocycles. The minimum absolute atomic E-state index is 0.128. The molecule has 0 aliphatic carbocycles. The second-order valence-corrected chi connectivity index (χ2v) is 8.40. The van der Waals surface area contributed by atoms with Crippen LogP contribution in [0.3, 0.4) is 0 Å². The summed E-state index contributed by atoms with van der Waals surface area (Å²) in [5, 5.41) is 1.96. The average molecular weight is 375 g/mol. The summed E-state index contributed by atoms with van der Waals surface area (Å²) in [6.45, 7) is 2.32. The number of hydrogen-bond donors (Lipinski definition) is 1. The van der Waals surface area contributed by atoms with Gasteiger partial charge in [0.25, 0.3) is 0 Å². The molecule has 0 saturated carbocycles. The third-order valence-electron chi connectivity index (χ3n) is 3.00. The van der Waals surface area contributed by atoms with E-state index in [-0.39, 0.29) is 10.6 Å². The Balaban J connectivity index is 2.35. The van der Waals surface area contributed by atoms with E-state index < -0.39 is 10.0 Å². The van der Waals surface area contributed by atoms with Crippen LogP contribution in [0.2, 0.25) is 0 Å². The van der Waals surface area contributed by atoms with Crippen molar-refractivity contribution in [2.75, 3.05) is 12.8 Å². The van der Waals surface area contributed by atoms with Gasteiger partial charge in [0.05, 0.1) is 5.69 Å². The lowest BCUT2D eigenvalue weighted by Gasteiger charge is -2.18. The number of aryl methyl sites for hydroxylation is 1. The molecule has 0 aliphatic rings. The Morgan fingerprint density at radius 1 is 1.35 bits per heavy atom. The fourth-order valence-electron chi connectivity index (χ4n) is 1.75. The summed E-state index contributed by atoms with van der Waals surface area (Å²) in [6.07, 6.45) is 0. The first-order valence-electron chi connectivity index (χ1n) is 5.86. The number of anilines is 1. The highest BCUT2D eigenvalue weighted by Gasteiger charge is 2.24. The van der Waals surface area contributed by atoms with E-state index >= 15 is 0 Å². The Hall–Kier alpha value is -0.890. The lowest BCUT2D eigenvalue weighted by molar-refractivity contribution is 0.469. The van der Waals surface area contributed by atoms with Gasteiger partial charge in [-0.25, -0.2) is 8.42 Å². The predicted octanol–water partition coefficient (Wildman–Crippen LogP) is 3.22. The first-order valence-corrected chi connectivity index (χ1v) is 8.98. The van der Waals surface area contributed by atoms with E-state index in [0.717, 1.165) is 10.4 Å². The molecule has 0 atom stereocenters. The molecule has 2 N–H and O–H groups in total. The van der Waals surface area contributed by atoms with Crippen LogP contribution in [0, 0.1) is 6.92 Å². The van der Waals surface area contributed by atoms with Gasteiger partial charge < -0.3 is 5.73 Å².